The van der Waals surface area contributed by atoms with Crippen LogP contribution in [0.25, 0.3) is 132 Å². The highest BCUT2D eigenvalue weighted by atomic mass is 16.3. The molecule has 4 nitrogen and oxygen atoms in total. The van der Waals surface area contributed by atoms with E-state index in [1.165, 1.54) is 0 Å². The van der Waals surface area contributed by atoms with Crippen LogP contribution >= 0.6 is 0 Å². The molecular weight excluding hydrogens is 709 g/mol. The van der Waals surface area contributed by atoms with Gasteiger partial charge in [0.05, 0.1) is 11.0 Å². The Morgan fingerprint density at radius 2 is 0.759 bits per heavy atom. The number of hydrogen-bond acceptors (Lipinski definition) is 4. The van der Waals surface area contributed by atoms with Gasteiger partial charge in [0.1, 0.15) is 22.3 Å². The summed E-state index contributed by atoms with van der Waals surface area (Å²) in [6.07, 6.45) is 3.81. The van der Waals surface area contributed by atoms with Crippen LogP contribution in [0.15, 0.2) is 191 Å². The summed E-state index contributed by atoms with van der Waals surface area (Å²) in [4.78, 5) is 10.2. The van der Waals surface area contributed by atoms with E-state index in [0.29, 0.717) is 0 Å². The Labute approximate surface area is 332 Å². The Balaban J connectivity index is 1.14. The fraction of sp³-hybridized carbons (Fsp3) is 0. The van der Waals surface area contributed by atoms with E-state index >= 15 is 0 Å². The SMILES string of the molecule is c1cnc2c3c(ccc2c1)-c1cc(-c2cccc4c2oc2ccccc24)ccc1-c1c(ccc2cccnc12)-c1cc(-c2cccc4c2oc2ccccc24)ccc1-3. The van der Waals surface area contributed by atoms with Crippen molar-refractivity contribution in [3.05, 3.63) is 182 Å². The van der Waals surface area contributed by atoms with E-state index < -0.39 is 0 Å². The van der Waals surface area contributed by atoms with E-state index in [1.807, 2.05) is 48.8 Å². The van der Waals surface area contributed by atoms with Crippen LogP contribution in [-0.4, -0.2) is 9.97 Å². The number of furan rings is 2. The Hall–Kier alpha value is -7.82. The van der Waals surface area contributed by atoms with E-state index in [2.05, 4.69) is 133 Å². The molecule has 0 N–H and O–H groups in total. The lowest BCUT2D eigenvalue weighted by molar-refractivity contribution is 0.669. The molecule has 0 saturated carbocycles. The van der Waals surface area contributed by atoms with Crippen LogP contribution in [0, 0.1) is 0 Å². The Kier molecular flexibility index (Phi) is 6.41. The third-order valence-electron chi connectivity index (χ3n) is 12.1. The van der Waals surface area contributed by atoms with Gasteiger partial charge in [-0.05, 0) is 80.9 Å². The van der Waals surface area contributed by atoms with Crippen molar-refractivity contribution in [2.45, 2.75) is 0 Å². The average molecular weight is 739 g/mol. The molecular formula is C54H30N2O2. The zero-order chi connectivity index (χ0) is 37.9. The summed E-state index contributed by atoms with van der Waals surface area (Å²) in [7, 11) is 0. The molecule has 0 bridgehead atoms. The highest BCUT2D eigenvalue weighted by Crippen LogP contribution is 2.53. The molecule has 0 radical (unpaired) electrons. The van der Waals surface area contributed by atoms with E-state index in [-0.39, 0.29) is 0 Å². The predicted molar refractivity (Wildman–Crippen MR) is 238 cm³/mol. The molecule has 4 heteroatoms. The van der Waals surface area contributed by atoms with Gasteiger partial charge in [0.25, 0.3) is 0 Å². The second-order valence-electron chi connectivity index (χ2n) is 15.2. The lowest BCUT2D eigenvalue weighted by Crippen LogP contribution is -2.01. The summed E-state index contributed by atoms with van der Waals surface area (Å²) in [5.74, 6) is 0. The molecule has 0 atom stereocenters. The largest absolute Gasteiger partial charge is 0.455 e. The van der Waals surface area contributed by atoms with Gasteiger partial charge in [-0.2, -0.15) is 0 Å². The second-order valence-corrected chi connectivity index (χ2v) is 15.2. The quantitative estimate of drug-likeness (QED) is 0.177. The fourth-order valence-corrected chi connectivity index (χ4v) is 9.54. The lowest BCUT2D eigenvalue weighted by Gasteiger charge is -2.26. The number of para-hydroxylation sites is 4. The maximum Gasteiger partial charge on any atom is 0.143 e. The molecule has 1 aliphatic carbocycles. The van der Waals surface area contributed by atoms with Crippen molar-refractivity contribution in [3.8, 4) is 66.8 Å². The van der Waals surface area contributed by atoms with Gasteiger partial charge in [0.15, 0.2) is 0 Å². The molecule has 0 spiro atoms. The highest BCUT2D eigenvalue weighted by molar-refractivity contribution is 6.17. The van der Waals surface area contributed by atoms with Crippen LogP contribution in [-0.2, 0) is 0 Å². The number of pyridine rings is 2. The normalized spacial score (nSPS) is 12.1. The molecule has 8 aromatic carbocycles. The first kappa shape index (κ1) is 31.4. The summed E-state index contributed by atoms with van der Waals surface area (Å²) >= 11 is 0. The maximum absolute atomic E-state index is 6.58. The average Bonchev–Trinajstić information content (AvgIpc) is 3.86. The summed E-state index contributed by atoms with van der Waals surface area (Å²) in [6.45, 7) is 0. The highest BCUT2D eigenvalue weighted by Gasteiger charge is 2.27. The number of aromatic nitrogens is 2. The zero-order valence-corrected chi connectivity index (χ0v) is 31.0. The predicted octanol–water partition coefficient (Wildman–Crippen LogP) is 14.9. The first-order valence-electron chi connectivity index (χ1n) is 19.6. The maximum atomic E-state index is 6.58. The molecule has 0 aliphatic heterocycles. The molecule has 0 fully saturated rings. The standard InChI is InChI=1S/C54H30N2O2/c1-3-17-47-37(11-1)43-15-5-13-35(53(43)57-47)33-21-25-41-45(29-33)39-23-19-31-9-7-27-55-51(31)49(39)42-26-22-34(30-46(42)40-24-20-32-10-8-28-56-52(32)50(40)41)36-14-6-16-44-38-12-2-4-18-48(38)58-54(36)44/h1-30H. The molecule has 13 rings (SSSR count). The van der Waals surface area contributed by atoms with Crippen LogP contribution in [0.4, 0.5) is 0 Å². The van der Waals surface area contributed by atoms with Gasteiger partial charge >= 0.3 is 0 Å². The monoisotopic (exact) mass is 738 g/mol. The Bertz CT molecular complexity index is 3460. The van der Waals surface area contributed by atoms with Gasteiger partial charge in [0, 0.05) is 67.0 Å². The van der Waals surface area contributed by atoms with Crippen molar-refractivity contribution in [1.82, 2.24) is 9.97 Å². The van der Waals surface area contributed by atoms with Gasteiger partial charge in [-0.25, -0.2) is 0 Å². The summed E-state index contributed by atoms with van der Waals surface area (Å²) < 4.78 is 13.2. The molecule has 0 unspecified atom stereocenters. The van der Waals surface area contributed by atoms with E-state index in [4.69, 9.17) is 18.8 Å². The number of benzene rings is 8. The van der Waals surface area contributed by atoms with Crippen molar-refractivity contribution in [1.29, 1.82) is 0 Å². The molecule has 0 amide bonds. The number of nitrogens with zero attached hydrogens (tertiary/aromatic N) is 2. The smallest absolute Gasteiger partial charge is 0.143 e. The van der Waals surface area contributed by atoms with Gasteiger partial charge in [0.2, 0.25) is 0 Å². The van der Waals surface area contributed by atoms with E-state index in [9.17, 15) is 0 Å². The van der Waals surface area contributed by atoms with Crippen molar-refractivity contribution in [3.63, 3.8) is 0 Å². The zero-order valence-electron chi connectivity index (χ0n) is 31.0. The van der Waals surface area contributed by atoms with Crippen molar-refractivity contribution < 1.29 is 8.83 Å². The molecule has 268 valence electrons. The van der Waals surface area contributed by atoms with Crippen LogP contribution in [0.3, 0.4) is 0 Å². The minimum absolute atomic E-state index is 0.887. The topological polar surface area (TPSA) is 52.1 Å². The molecule has 4 heterocycles. The van der Waals surface area contributed by atoms with Gasteiger partial charge < -0.3 is 8.83 Å². The van der Waals surface area contributed by atoms with Crippen molar-refractivity contribution >= 4 is 65.7 Å². The Morgan fingerprint density at radius 3 is 1.26 bits per heavy atom. The number of fused-ring (bicyclic) bond motifs is 18. The lowest BCUT2D eigenvalue weighted by atomic mass is 9.78. The first-order chi connectivity index (χ1) is 28.8. The van der Waals surface area contributed by atoms with Crippen molar-refractivity contribution in [2.24, 2.45) is 0 Å². The molecule has 1 aliphatic rings. The molecule has 4 aromatic heterocycles. The van der Waals surface area contributed by atoms with Crippen molar-refractivity contribution in [2.75, 3.05) is 0 Å². The van der Waals surface area contributed by atoms with E-state index in [0.717, 1.165) is 132 Å². The summed E-state index contributed by atoms with van der Waals surface area (Å²) in [5.41, 5.74) is 18.7. The van der Waals surface area contributed by atoms with Crippen LogP contribution in [0.5, 0.6) is 0 Å². The van der Waals surface area contributed by atoms with E-state index in [1.54, 1.807) is 0 Å². The van der Waals surface area contributed by atoms with Crippen LogP contribution < -0.4 is 0 Å². The molecule has 0 saturated heterocycles. The van der Waals surface area contributed by atoms with Gasteiger partial charge in [-0.1, -0.05) is 133 Å². The Morgan fingerprint density at radius 1 is 0.310 bits per heavy atom. The minimum atomic E-state index is 0.887. The number of hydrogen-bond donors (Lipinski definition) is 0. The van der Waals surface area contributed by atoms with Gasteiger partial charge in [-0.3, -0.25) is 9.97 Å². The molecule has 12 aromatic rings. The van der Waals surface area contributed by atoms with Crippen LogP contribution in [0.2, 0.25) is 0 Å². The summed E-state index contributed by atoms with van der Waals surface area (Å²) in [5, 5.41) is 6.64. The number of rotatable bonds is 2. The minimum Gasteiger partial charge on any atom is -0.455 e. The third kappa shape index (κ3) is 4.40. The third-order valence-corrected chi connectivity index (χ3v) is 12.1. The first-order valence-corrected chi connectivity index (χ1v) is 19.6. The van der Waals surface area contributed by atoms with Crippen LogP contribution in [0.1, 0.15) is 0 Å². The van der Waals surface area contributed by atoms with Gasteiger partial charge in [-0.15, -0.1) is 0 Å². The summed E-state index contributed by atoms with van der Waals surface area (Å²) in [6, 6.07) is 60.5. The fourth-order valence-electron chi connectivity index (χ4n) is 9.54. The second kappa shape index (κ2) is 11.8. The molecule has 58 heavy (non-hydrogen) atoms.